The number of ether oxygens (including phenoxy) is 2. The number of unbranched alkanes of at least 4 members (excludes halogenated alkanes) is 18. The molecule has 66 heavy (non-hydrogen) atoms. The highest BCUT2D eigenvalue weighted by Gasteiger charge is 2.39. The van der Waals surface area contributed by atoms with Crippen molar-refractivity contribution in [3.8, 4) is 11.5 Å². The van der Waals surface area contributed by atoms with E-state index in [9.17, 15) is 44.3 Å². The quantitative estimate of drug-likeness (QED) is 0.0386. The van der Waals surface area contributed by atoms with Crippen LogP contribution in [0.5, 0.6) is 11.5 Å². The van der Waals surface area contributed by atoms with Crippen LogP contribution in [0.15, 0.2) is 48.5 Å². The van der Waals surface area contributed by atoms with Crippen molar-refractivity contribution >= 4 is 33.4 Å². The van der Waals surface area contributed by atoms with E-state index in [4.69, 9.17) is 19.7 Å². The van der Waals surface area contributed by atoms with Crippen LogP contribution in [0.2, 0.25) is 0 Å². The maximum atomic E-state index is 12.3. The second-order valence-corrected chi connectivity index (χ2v) is 19.9. The Morgan fingerprint density at radius 2 is 0.879 bits per heavy atom. The first-order valence-electron chi connectivity index (χ1n) is 23.7. The van der Waals surface area contributed by atoms with Gasteiger partial charge in [0.15, 0.2) is 22.0 Å². The molecule has 380 valence electrons. The molecule has 0 bridgehead atoms. The SMILES string of the molecule is CCCCCCCCCCCCS(=O)(=O)CCOc1ccc(C(=O)NCC(O)C(F)(F)F)cc1.CCCCCCCCCCCCSCCOc1ccc(C(=O)NCC(O)C(F)(F)F)cc1. The lowest BCUT2D eigenvalue weighted by molar-refractivity contribution is -0.201. The summed E-state index contributed by atoms with van der Waals surface area (Å²) in [6.45, 7) is 3.15. The van der Waals surface area contributed by atoms with Crippen molar-refractivity contribution in [1.82, 2.24) is 10.6 Å². The number of hydrogen-bond acceptors (Lipinski definition) is 9. The normalized spacial score (nSPS) is 12.8. The van der Waals surface area contributed by atoms with Gasteiger partial charge in [0, 0.05) is 16.9 Å². The van der Waals surface area contributed by atoms with Crippen LogP contribution in [0.1, 0.15) is 163 Å². The van der Waals surface area contributed by atoms with Crippen LogP contribution in [0.4, 0.5) is 26.3 Å². The predicted octanol–water partition coefficient (Wildman–Crippen LogP) is 11.4. The summed E-state index contributed by atoms with van der Waals surface area (Å²) in [4.78, 5) is 23.7. The number of amides is 2. The Balaban J connectivity index is 0.000000661. The Kier molecular flexibility index (Phi) is 33.0. The van der Waals surface area contributed by atoms with Gasteiger partial charge in [0.25, 0.3) is 11.8 Å². The van der Waals surface area contributed by atoms with Gasteiger partial charge in [0.2, 0.25) is 0 Å². The highest BCUT2D eigenvalue weighted by atomic mass is 32.2. The monoisotopic (exact) mass is 986 g/mol. The van der Waals surface area contributed by atoms with Gasteiger partial charge in [-0.15, -0.1) is 0 Å². The minimum absolute atomic E-state index is 0.0244. The number of halogens is 6. The summed E-state index contributed by atoms with van der Waals surface area (Å²) < 4.78 is 109. The molecule has 0 aromatic heterocycles. The van der Waals surface area contributed by atoms with Crippen LogP contribution in [-0.4, -0.2) is 104 Å². The number of nitrogens with one attached hydrogen (secondary N) is 2. The Bertz CT molecular complexity index is 1650. The van der Waals surface area contributed by atoms with Gasteiger partial charge in [-0.2, -0.15) is 38.1 Å². The lowest BCUT2D eigenvalue weighted by atomic mass is 10.1. The molecule has 2 atom stereocenters. The molecule has 0 fully saturated rings. The van der Waals surface area contributed by atoms with Crippen molar-refractivity contribution in [3.05, 3.63) is 59.7 Å². The van der Waals surface area contributed by atoms with Gasteiger partial charge in [-0.05, 0) is 67.1 Å². The molecule has 10 nitrogen and oxygen atoms in total. The summed E-state index contributed by atoms with van der Waals surface area (Å²) in [5.74, 6) is 1.55. The van der Waals surface area contributed by atoms with Crippen LogP contribution < -0.4 is 20.1 Å². The number of carbonyl (C=O) groups is 2. The Morgan fingerprint density at radius 1 is 0.530 bits per heavy atom. The molecule has 2 amide bonds. The third-order valence-corrected chi connectivity index (χ3v) is 13.2. The van der Waals surface area contributed by atoms with Crippen molar-refractivity contribution in [3.63, 3.8) is 0 Å². The van der Waals surface area contributed by atoms with Crippen LogP contribution in [0.3, 0.4) is 0 Å². The zero-order chi connectivity index (χ0) is 49.1. The number of sulfone groups is 1. The molecule has 0 radical (unpaired) electrons. The Hall–Kier alpha value is -3.22. The molecule has 0 heterocycles. The molecule has 2 unspecified atom stereocenters. The number of alkyl halides is 6. The van der Waals surface area contributed by atoms with Gasteiger partial charge in [-0.3, -0.25) is 9.59 Å². The number of aliphatic hydroxyl groups excluding tert-OH is 2. The van der Waals surface area contributed by atoms with E-state index < -0.39 is 59.3 Å². The van der Waals surface area contributed by atoms with Gasteiger partial charge >= 0.3 is 12.4 Å². The van der Waals surface area contributed by atoms with Crippen molar-refractivity contribution in [2.75, 3.05) is 49.3 Å². The minimum atomic E-state index is -4.81. The summed E-state index contributed by atoms with van der Waals surface area (Å²) in [6, 6.07) is 11.8. The maximum Gasteiger partial charge on any atom is 0.416 e. The van der Waals surface area contributed by atoms with Crippen LogP contribution in [0, 0.1) is 0 Å². The summed E-state index contributed by atoms with van der Waals surface area (Å²) in [5.41, 5.74) is 0.303. The van der Waals surface area contributed by atoms with Crippen molar-refractivity contribution in [1.29, 1.82) is 0 Å². The predicted molar refractivity (Wildman–Crippen MR) is 252 cm³/mol. The van der Waals surface area contributed by atoms with Gasteiger partial charge in [-0.1, -0.05) is 129 Å². The average Bonchev–Trinajstić information content (AvgIpc) is 3.27. The van der Waals surface area contributed by atoms with Gasteiger partial charge < -0.3 is 30.3 Å². The Labute approximate surface area is 394 Å². The van der Waals surface area contributed by atoms with E-state index in [1.54, 1.807) is 12.1 Å². The summed E-state index contributed by atoms with van der Waals surface area (Å²) in [7, 11) is -3.21. The largest absolute Gasteiger partial charge is 0.493 e. The smallest absolute Gasteiger partial charge is 0.416 e. The topological polar surface area (TPSA) is 151 Å². The molecule has 18 heteroatoms. The molecular formula is C48H76F6N2O8S2. The molecule has 0 saturated heterocycles. The molecule has 2 rings (SSSR count). The van der Waals surface area contributed by atoms with E-state index in [2.05, 4.69) is 19.2 Å². The van der Waals surface area contributed by atoms with Crippen LogP contribution in [0.25, 0.3) is 0 Å². The van der Waals surface area contributed by atoms with Crippen LogP contribution in [-0.2, 0) is 9.84 Å². The van der Waals surface area contributed by atoms with E-state index in [0.717, 1.165) is 30.8 Å². The number of aliphatic hydroxyl groups is 2. The van der Waals surface area contributed by atoms with Crippen molar-refractivity contribution < 1.29 is 64.0 Å². The minimum Gasteiger partial charge on any atom is -0.493 e. The lowest BCUT2D eigenvalue weighted by Crippen LogP contribution is -2.40. The van der Waals surface area contributed by atoms with E-state index in [0.29, 0.717) is 24.5 Å². The van der Waals surface area contributed by atoms with Gasteiger partial charge in [0.1, 0.15) is 18.1 Å². The highest BCUT2D eigenvalue weighted by molar-refractivity contribution is 7.99. The molecule has 2 aromatic rings. The van der Waals surface area contributed by atoms with Crippen molar-refractivity contribution in [2.45, 2.75) is 167 Å². The number of thioether (sulfide) groups is 1. The van der Waals surface area contributed by atoms with E-state index in [1.165, 1.54) is 139 Å². The van der Waals surface area contributed by atoms with E-state index in [-0.39, 0.29) is 29.2 Å². The third-order valence-electron chi connectivity index (χ3n) is 10.5. The zero-order valence-corrected chi connectivity index (χ0v) is 40.6. The summed E-state index contributed by atoms with van der Waals surface area (Å²) in [6.07, 6.45) is 9.89. The third kappa shape index (κ3) is 31.7. The maximum absolute atomic E-state index is 12.3. The molecular weight excluding hydrogens is 911 g/mol. The standard InChI is InChI=1S/C24H38F3NO5S.C24H38F3NO3S/c1-2-3-4-5-6-7-8-9-10-11-17-34(31,32)18-16-33-21-14-12-20(13-15-21)23(30)28-19-22(29)24(25,26)27;1-2-3-4-5-6-7-8-9-10-11-17-32-18-16-31-21-14-12-20(13-15-21)23(30)28-19-22(29)24(25,26)27/h12-15,22,29H,2-11,16-19H2,1H3,(H,28,30);12-15,22,29H,2-11,16-19H2,1H3,(H,28,30). The molecule has 0 aliphatic rings. The first-order chi connectivity index (χ1) is 31.4. The molecule has 0 saturated carbocycles. The van der Waals surface area contributed by atoms with Gasteiger partial charge in [-0.25, -0.2) is 8.42 Å². The second kappa shape index (κ2) is 35.9. The second-order valence-electron chi connectivity index (χ2n) is 16.4. The molecule has 0 aliphatic carbocycles. The first kappa shape index (κ1) is 60.8. The fourth-order valence-corrected chi connectivity index (χ4v) is 8.43. The summed E-state index contributed by atoms with van der Waals surface area (Å²) in [5, 5.41) is 21.9. The van der Waals surface area contributed by atoms with E-state index >= 15 is 0 Å². The zero-order valence-electron chi connectivity index (χ0n) is 39.0. The molecule has 0 spiro atoms. The fraction of sp³-hybridized carbons (Fsp3) is 0.708. The lowest BCUT2D eigenvalue weighted by Gasteiger charge is -2.15. The number of hydrogen-bond donors (Lipinski definition) is 4. The van der Waals surface area contributed by atoms with E-state index in [1.807, 2.05) is 17.1 Å². The molecule has 0 aliphatic heterocycles. The molecule has 4 N–H and O–H groups in total. The van der Waals surface area contributed by atoms with Crippen LogP contribution >= 0.6 is 11.8 Å². The number of benzene rings is 2. The average molecular weight is 987 g/mol. The summed E-state index contributed by atoms with van der Waals surface area (Å²) >= 11 is 1.86. The number of carbonyl (C=O) groups excluding carboxylic acids is 2. The molecule has 2 aromatic carbocycles. The first-order valence-corrected chi connectivity index (χ1v) is 26.7. The Morgan fingerprint density at radius 3 is 1.26 bits per heavy atom. The van der Waals surface area contributed by atoms with Gasteiger partial charge in [0.05, 0.1) is 31.2 Å². The number of rotatable bonds is 36. The fourth-order valence-electron chi connectivity index (χ4n) is 6.43. The van der Waals surface area contributed by atoms with Crippen molar-refractivity contribution in [2.24, 2.45) is 0 Å². The highest BCUT2D eigenvalue weighted by Crippen LogP contribution is 2.21.